The second-order valence-corrected chi connectivity index (χ2v) is 3.89. The normalized spacial score (nSPS) is 12.6. The molecule has 0 saturated heterocycles. The minimum Gasteiger partial charge on any atom is -0.309 e. The van der Waals surface area contributed by atoms with Gasteiger partial charge in [0.2, 0.25) is 0 Å². The summed E-state index contributed by atoms with van der Waals surface area (Å²) in [6.45, 7) is 2.89. The van der Waals surface area contributed by atoms with Crippen molar-refractivity contribution >= 4 is 0 Å². The first-order valence-electron chi connectivity index (χ1n) is 4.45. The first-order chi connectivity index (χ1) is 6.27. The molecule has 0 aliphatic carbocycles. The van der Waals surface area contributed by atoms with Crippen molar-refractivity contribution in [2.75, 3.05) is 13.1 Å². The molecule has 0 aliphatic rings. The van der Waals surface area contributed by atoms with Gasteiger partial charge in [0.05, 0.1) is 18.0 Å². The van der Waals surface area contributed by atoms with Gasteiger partial charge < -0.3 is 5.32 Å². The standard InChI is InChI=1S/C9H15F3N2/c1-8(2,6-13)4-3-5-14-7-9(10,11)12/h14H,3-5,7H2,1-2H3. The Labute approximate surface area is 82.1 Å². The molecule has 0 heterocycles. The molecule has 0 amide bonds. The van der Waals surface area contributed by atoms with E-state index in [2.05, 4.69) is 11.4 Å². The first kappa shape index (κ1) is 13.2. The van der Waals surface area contributed by atoms with E-state index in [1.54, 1.807) is 13.8 Å². The van der Waals surface area contributed by atoms with Crippen LogP contribution in [0, 0.1) is 16.7 Å². The summed E-state index contributed by atoms with van der Waals surface area (Å²) in [6.07, 6.45) is -2.96. The van der Waals surface area contributed by atoms with Gasteiger partial charge in [0.15, 0.2) is 0 Å². The SMILES string of the molecule is CC(C)(C#N)CCCNCC(F)(F)F. The summed E-state index contributed by atoms with van der Waals surface area (Å²) in [5.41, 5.74) is -0.445. The van der Waals surface area contributed by atoms with Gasteiger partial charge in [0, 0.05) is 0 Å². The van der Waals surface area contributed by atoms with E-state index in [4.69, 9.17) is 5.26 Å². The van der Waals surface area contributed by atoms with Crippen LogP contribution >= 0.6 is 0 Å². The van der Waals surface area contributed by atoms with Crippen LogP contribution in [0.4, 0.5) is 13.2 Å². The van der Waals surface area contributed by atoms with Gasteiger partial charge in [-0.1, -0.05) is 0 Å². The molecular weight excluding hydrogens is 193 g/mol. The zero-order valence-corrected chi connectivity index (χ0v) is 8.41. The first-order valence-corrected chi connectivity index (χ1v) is 4.45. The van der Waals surface area contributed by atoms with E-state index < -0.39 is 18.1 Å². The van der Waals surface area contributed by atoms with Crippen LogP contribution in [0.15, 0.2) is 0 Å². The van der Waals surface area contributed by atoms with E-state index in [0.717, 1.165) is 0 Å². The molecule has 0 saturated carbocycles. The van der Waals surface area contributed by atoms with Crippen LogP contribution in [0.2, 0.25) is 0 Å². The number of hydrogen-bond donors (Lipinski definition) is 1. The summed E-state index contributed by atoms with van der Waals surface area (Å²) in [5, 5.41) is 10.9. The van der Waals surface area contributed by atoms with E-state index in [1.807, 2.05) is 0 Å². The highest BCUT2D eigenvalue weighted by atomic mass is 19.4. The van der Waals surface area contributed by atoms with Crippen molar-refractivity contribution in [3.63, 3.8) is 0 Å². The van der Waals surface area contributed by atoms with E-state index in [-0.39, 0.29) is 0 Å². The molecule has 0 aromatic heterocycles. The molecule has 2 nitrogen and oxygen atoms in total. The number of nitriles is 1. The van der Waals surface area contributed by atoms with Crippen LogP contribution in [0.25, 0.3) is 0 Å². The Hall–Kier alpha value is -0.760. The van der Waals surface area contributed by atoms with Crippen molar-refractivity contribution in [3.05, 3.63) is 0 Å². The summed E-state index contributed by atoms with van der Waals surface area (Å²) in [6, 6.07) is 2.10. The van der Waals surface area contributed by atoms with Gasteiger partial charge in [-0.2, -0.15) is 18.4 Å². The average Bonchev–Trinajstić information content (AvgIpc) is 2.01. The highest BCUT2D eigenvalue weighted by molar-refractivity contribution is 4.91. The number of nitrogens with zero attached hydrogens (tertiary/aromatic N) is 1. The summed E-state index contributed by atoms with van der Waals surface area (Å²) in [4.78, 5) is 0. The molecule has 5 heteroatoms. The van der Waals surface area contributed by atoms with Gasteiger partial charge in [0.1, 0.15) is 0 Å². The van der Waals surface area contributed by atoms with Gasteiger partial charge in [-0.05, 0) is 33.2 Å². The quantitative estimate of drug-likeness (QED) is 0.704. The maximum Gasteiger partial charge on any atom is 0.401 e. The molecular formula is C9H15F3N2. The van der Waals surface area contributed by atoms with Crippen LogP contribution in [0.3, 0.4) is 0 Å². The second kappa shape index (κ2) is 5.20. The Bertz CT molecular complexity index is 203. The predicted molar refractivity (Wildman–Crippen MR) is 47.6 cm³/mol. The summed E-state index contributed by atoms with van der Waals surface area (Å²) in [5.74, 6) is 0. The van der Waals surface area contributed by atoms with Crippen molar-refractivity contribution in [2.45, 2.75) is 32.9 Å². The minimum atomic E-state index is -4.15. The molecule has 0 rings (SSSR count). The molecule has 0 radical (unpaired) electrons. The molecule has 82 valence electrons. The minimum absolute atomic E-state index is 0.296. The topological polar surface area (TPSA) is 35.8 Å². The molecule has 1 N–H and O–H groups in total. The lowest BCUT2D eigenvalue weighted by atomic mass is 9.90. The lowest BCUT2D eigenvalue weighted by Crippen LogP contribution is -2.29. The fraction of sp³-hybridized carbons (Fsp3) is 0.889. The fourth-order valence-electron chi connectivity index (χ4n) is 0.941. The highest BCUT2D eigenvalue weighted by Crippen LogP contribution is 2.20. The van der Waals surface area contributed by atoms with E-state index in [9.17, 15) is 13.2 Å². The number of nitrogens with one attached hydrogen (secondary N) is 1. The zero-order chi connectivity index (χ0) is 11.2. The van der Waals surface area contributed by atoms with Gasteiger partial charge in [0.25, 0.3) is 0 Å². The molecule has 0 atom stereocenters. The lowest BCUT2D eigenvalue weighted by molar-refractivity contribution is -0.124. The van der Waals surface area contributed by atoms with Crippen LogP contribution in [-0.2, 0) is 0 Å². The van der Waals surface area contributed by atoms with E-state index >= 15 is 0 Å². The van der Waals surface area contributed by atoms with Crippen molar-refractivity contribution in [1.29, 1.82) is 5.26 Å². The zero-order valence-electron chi connectivity index (χ0n) is 8.41. The Kier molecular flexibility index (Phi) is 4.92. The summed E-state index contributed by atoms with van der Waals surface area (Å²) in [7, 11) is 0. The number of halogens is 3. The molecule has 0 unspecified atom stereocenters. The van der Waals surface area contributed by atoms with Crippen LogP contribution < -0.4 is 5.32 Å². The second-order valence-electron chi connectivity index (χ2n) is 3.89. The van der Waals surface area contributed by atoms with Gasteiger partial charge in [-0.25, -0.2) is 0 Å². The Morgan fingerprint density at radius 1 is 1.29 bits per heavy atom. The Morgan fingerprint density at radius 3 is 2.29 bits per heavy atom. The van der Waals surface area contributed by atoms with Crippen molar-refractivity contribution < 1.29 is 13.2 Å². The molecule has 14 heavy (non-hydrogen) atoms. The molecule has 0 spiro atoms. The van der Waals surface area contributed by atoms with Gasteiger partial charge in [-0.3, -0.25) is 0 Å². The summed E-state index contributed by atoms with van der Waals surface area (Å²) >= 11 is 0. The molecule has 0 aromatic carbocycles. The lowest BCUT2D eigenvalue weighted by Gasteiger charge is -2.14. The van der Waals surface area contributed by atoms with E-state index in [1.165, 1.54) is 0 Å². The maximum atomic E-state index is 11.7. The van der Waals surface area contributed by atoms with Crippen LogP contribution in [0.1, 0.15) is 26.7 Å². The highest BCUT2D eigenvalue weighted by Gasteiger charge is 2.26. The Morgan fingerprint density at radius 2 is 1.86 bits per heavy atom. The molecule has 0 bridgehead atoms. The Balaban J connectivity index is 3.45. The average molecular weight is 208 g/mol. The molecule has 0 aromatic rings. The monoisotopic (exact) mass is 208 g/mol. The number of rotatable bonds is 5. The third-order valence-corrected chi connectivity index (χ3v) is 1.78. The van der Waals surface area contributed by atoms with Gasteiger partial charge in [-0.15, -0.1) is 0 Å². The number of alkyl halides is 3. The molecule has 0 aliphatic heterocycles. The van der Waals surface area contributed by atoms with Crippen LogP contribution in [0.5, 0.6) is 0 Å². The summed E-state index contributed by atoms with van der Waals surface area (Å²) < 4.78 is 35.0. The van der Waals surface area contributed by atoms with Crippen molar-refractivity contribution in [3.8, 4) is 6.07 Å². The fourth-order valence-corrected chi connectivity index (χ4v) is 0.941. The third kappa shape index (κ3) is 7.87. The largest absolute Gasteiger partial charge is 0.401 e. The van der Waals surface area contributed by atoms with Crippen LogP contribution in [-0.4, -0.2) is 19.3 Å². The van der Waals surface area contributed by atoms with Crippen molar-refractivity contribution in [1.82, 2.24) is 5.32 Å². The predicted octanol–water partition coefficient (Wildman–Crippen LogP) is 2.47. The maximum absolute atomic E-state index is 11.7. The van der Waals surface area contributed by atoms with Gasteiger partial charge >= 0.3 is 6.18 Å². The molecule has 0 fully saturated rings. The number of hydrogen-bond acceptors (Lipinski definition) is 2. The smallest absolute Gasteiger partial charge is 0.309 e. The van der Waals surface area contributed by atoms with E-state index in [0.29, 0.717) is 19.4 Å². The third-order valence-electron chi connectivity index (χ3n) is 1.78. The van der Waals surface area contributed by atoms with Crippen molar-refractivity contribution in [2.24, 2.45) is 5.41 Å².